The third kappa shape index (κ3) is 8.51. The second-order valence-corrected chi connectivity index (χ2v) is 20.4. The molecule has 1 saturated heterocycles. The lowest BCUT2D eigenvalue weighted by molar-refractivity contribution is -0.245. The van der Waals surface area contributed by atoms with E-state index < -0.39 is 18.8 Å². The molecular formula is C51H70B2N6O6. The number of benzene rings is 2. The Kier molecular flexibility index (Phi) is 13.2. The van der Waals surface area contributed by atoms with Crippen molar-refractivity contribution in [3.8, 4) is 22.5 Å². The number of fused-ring (bicyclic) bond motifs is 4. The number of aromatic nitrogens is 4. The van der Waals surface area contributed by atoms with Crippen LogP contribution >= 0.6 is 0 Å². The summed E-state index contributed by atoms with van der Waals surface area (Å²) < 4.78 is 16.8. The molecule has 0 radical (unpaired) electrons. The second kappa shape index (κ2) is 17.8. The maximum absolute atomic E-state index is 10.0. The zero-order chi connectivity index (χ0) is 44.7. The Bertz CT molecular complexity index is 2590. The molecule has 65 heavy (non-hydrogen) atoms. The van der Waals surface area contributed by atoms with E-state index in [1.54, 1.807) is 23.5 Å². The molecule has 7 fully saturated rings. The molecule has 6 aliphatic carbocycles. The zero-order valence-corrected chi connectivity index (χ0v) is 38.1. The minimum absolute atomic E-state index is 0. The van der Waals surface area contributed by atoms with Crippen molar-refractivity contribution in [2.75, 3.05) is 38.0 Å². The molecule has 6 saturated carbocycles. The maximum atomic E-state index is 10.0. The van der Waals surface area contributed by atoms with Gasteiger partial charge in [-0.05, 0) is 104 Å². The monoisotopic (exact) mass is 885 g/mol. The molecule has 0 amide bonds. The van der Waals surface area contributed by atoms with Crippen LogP contribution in [0.3, 0.4) is 0 Å². The summed E-state index contributed by atoms with van der Waals surface area (Å²) in [6.45, 7) is 11.0. The van der Waals surface area contributed by atoms with Crippen molar-refractivity contribution < 1.29 is 29.6 Å². The van der Waals surface area contributed by atoms with Gasteiger partial charge in [0.2, 0.25) is 0 Å². The van der Waals surface area contributed by atoms with Gasteiger partial charge in [0.1, 0.15) is 11.3 Å². The largest absolute Gasteiger partial charge is 0.498 e. The highest BCUT2D eigenvalue weighted by atomic mass is 16.7. The van der Waals surface area contributed by atoms with E-state index in [-0.39, 0.29) is 39.6 Å². The van der Waals surface area contributed by atoms with Gasteiger partial charge in [0.25, 0.3) is 0 Å². The zero-order valence-electron chi connectivity index (χ0n) is 38.1. The maximum Gasteiger partial charge on any atom is 0.498 e. The van der Waals surface area contributed by atoms with Crippen LogP contribution in [-0.4, -0.2) is 105 Å². The Balaban J connectivity index is 0.000000157. The second-order valence-electron chi connectivity index (χ2n) is 20.4. The summed E-state index contributed by atoms with van der Waals surface area (Å²) in [7, 11) is 6.24. The molecule has 8 atom stereocenters. The van der Waals surface area contributed by atoms with Crippen molar-refractivity contribution in [2.45, 2.75) is 99.1 Å². The lowest BCUT2D eigenvalue weighted by atomic mass is 9.43. The quantitative estimate of drug-likeness (QED) is 0.132. The number of hydrogen-bond acceptors (Lipinski definition) is 10. The van der Waals surface area contributed by atoms with E-state index in [2.05, 4.69) is 98.7 Å². The molecule has 346 valence electrons. The van der Waals surface area contributed by atoms with Gasteiger partial charge in [-0.3, -0.25) is 0 Å². The first-order valence-electron chi connectivity index (χ1n) is 22.4. The van der Waals surface area contributed by atoms with Gasteiger partial charge >= 0.3 is 14.2 Å². The fourth-order valence-electron chi connectivity index (χ4n) is 11.2. The van der Waals surface area contributed by atoms with E-state index in [1.165, 1.54) is 12.1 Å². The molecule has 4 N–H and O–H groups in total. The Labute approximate surface area is 386 Å². The molecule has 5 heterocycles. The van der Waals surface area contributed by atoms with Gasteiger partial charge in [0.05, 0.1) is 35.3 Å². The van der Waals surface area contributed by atoms with E-state index in [9.17, 15) is 20.3 Å². The number of pyridine rings is 2. The SMILES string of the molecule is C.C.CC1(C)C2CC(O)C(C)(O)C1C2.CN(C)c1ccc(-c2cn3cccc(B(O)O)c3n2)cc1.CN(C)c1ccc(-c2cn3cccc(B4OC5CC6CC(C5O4)C6(C)C)c3n2)cc1. The molecule has 4 bridgehead atoms. The Hall–Kier alpha value is -4.69. The van der Waals surface area contributed by atoms with Crippen molar-refractivity contribution in [2.24, 2.45) is 34.5 Å². The molecule has 7 aliphatic rings. The summed E-state index contributed by atoms with van der Waals surface area (Å²) in [5.74, 6) is 2.29. The number of nitrogens with zero attached hydrogens (tertiary/aromatic N) is 6. The minimum atomic E-state index is -1.53. The molecule has 13 rings (SSSR count). The lowest BCUT2D eigenvalue weighted by Gasteiger charge is -2.64. The van der Waals surface area contributed by atoms with Crippen LogP contribution in [0, 0.1) is 34.5 Å². The van der Waals surface area contributed by atoms with Crippen LogP contribution in [0.1, 0.15) is 75.2 Å². The standard InChI is InChI=1S/C24H28BN3O2.C15H16BN3O2.C10H18O2.2CH4/c1-24(2)16-12-18(24)22-21(13-16)29-25(30-22)19-6-5-11-28-14-20(26-23(19)28)15-7-9-17(10-8-15)27(3)4;1-18(2)12-7-5-11(6-8-12)14-10-19-9-3-4-13(16(20)21)15(19)17-14;1-9(2)6-4-7(9)10(3,12)8(11)5-6;;/h5-11,14,16,18,21-22H,12-13H2,1-4H3;3-10,20-21H,1-2H3;6-8,11-12H,4-5H2,1-3H3;2*1H4. The first-order chi connectivity index (χ1) is 29.8. The average molecular weight is 885 g/mol. The van der Waals surface area contributed by atoms with Gasteiger partial charge in [-0.25, -0.2) is 9.97 Å². The van der Waals surface area contributed by atoms with Crippen molar-refractivity contribution in [1.82, 2.24) is 18.8 Å². The van der Waals surface area contributed by atoms with Crippen LogP contribution in [0.5, 0.6) is 0 Å². The van der Waals surface area contributed by atoms with E-state index in [1.807, 2.05) is 61.9 Å². The highest BCUT2D eigenvalue weighted by Crippen LogP contribution is 2.63. The number of hydrogen-bond donors (Lipinski definition) is 4. The van der Waals surface area contributed by atoms with Gasteiger partial charge in [0.15, 0.2) is 0 Å². The molecular weight excluding hydrogens is 814 g/mol. The number of imidazole rings is 2. The fraction of sp³-hybridized carbons (Fsp3) is 0.490. The van der Waals surface area contributed by atoms with Crippen LogP contribution in [0.15, 0.2) is 97.6 Å². The fourth-order valence-corrected chi connectivity index (χ4v) is 11.2. The van der Waals surface area contributed by atoms with Gasteiger partial charge in [-0.2, -0.15) is 0 Å². The third-order valence-corrected chi connectivity index (χ3v) is 15.7. The van der Waals surface area contributed by atoms with Crippen LogP contribution in [0.2, 0.25) is 0 Å². The Morgan fingerprint density at radius 1 is 0.677 bits per heavy atom. The molecule has 0 spiro atoms. The van der Waals surface area contributed by atoms with Crippen LogP contribution in [-0.2, 0) is 9.31 Å². The van der Waals surface area contributed by atoms with E-state index in [4.69, 9.17) is 14.3 Å². The first kappa shape index (κ1) is 48.2. The topological polar surface area (TPSA) is 140 Å². The summed E-state index contributed by atoms with van der Waals surface area (Å²) in [6.07, 6.45) is 12.1. The van der Waals surface area contributed by atoms with Crippen LogP contribution in [0.4, 0.5) is 11.4 Å². The van der Waals surface area contributed by atoms with E-state index in [0.717, 1.165) is 64.5 Å². The highest BCUT2D eigenvalue weighted by Gasteiger charge is 2.63. The summed E-state index contributed by atoms with van der Waals surface area (Å²) in [5.41, 5.74) is 8.83. The smallest absolute Gasteiger partial charge is 0.423 e. The summed E-state index contributed by atoms with van der Waals surface area (Å²) in [4.78, 5) is 13.6. The Morgan fingerprint density at radius 3 is 1.69 bits per heavy atom. The van der Waals surface area contributed by atoms with Crippen molar-refractivity contribution in [3.05, 3.63) is 97.6 Å². The van der Waals surface area contributed by atoms with Gasteiger partial charge in [-0.15, -0.1) is 0 Å². The number of aliphatic hydroxyl groups is 2. The predicted molar refractivity (Wildman–Crippen MR) is 265 cm³/mol. The summed E-state index contributed by atoms with van der Waals surface area (Å²) in [6, 6.07) is 24.2. The number of anilines is 2. The van der Waals surface area contributed by atoms with Crippen LogP contribution in [0.25, 0.3) is 33.8 Å². The molecule has 8 unspecified atom stereocenters. The highest BCUT2D eigenvalue weighted by molar-refractivity contribution is 6.64. The molecule has 6 aromatic rings. The van der Waals surface area contributed by atoms with Gasteiger partial charge < -0.3 is 48.2 Å². The molecule has 1 aliphatic heterocycles. The van der Waals surface area contributed by atoms with Crippen LogP contribution < -0.4 is 20.7 Å². The summed E-state index contributed by atoms with van der Waals surface area (Å²) in [5, 5.41) is 38.4. The van der Waals surface area contributed by atoms with E-state index >= 15 is 0 Å². The molecule has 12 nitrogen and oxygen atoms in total. The van der Waals surface area contributed by atoms with Gasteiger partial charge in [0, 0.05) is 86.4 Å². The third-order valence-electron chi connectivity index (χ3n) is 15.7. The normalized spacial score (nSPS) is 27.3. The number of aliphatic hydroxyl groups excluding tert-OH is 1. The lowest BCUT2D eigenvalue weighted by Crippen LogP contribution is -2.66. The van der Waals surface area contributed by atoms with Crippen molar-refractivity contribution in [3.63, 3.8) is 0 Å². The average Bonchev–Trinajstić information content (AvgIpc) is 4.02. The Morgan fingerprint density at radius 2 is 1.20 bits per heavy atom. The predicted octanol–water partition coefficient (Wildman–Crippen LogP) is 6.80. The summed E-state index contributed by atoms with van der Waals surface area (Å²) >= 11 is 0. The first-order valence-corrected chi connectivity index (χ1v) is 22.4. The van der Waals surface area contributed by atoms with Crippen molar-refractivity contribution in [1.29, 1.82) is 0 Å². The molecule has 2 aromatic carbocycles. The van der Waals surface area contributed by atoms with Crippen molar-refractivity contribution >= 4 is 47.8 Å². The van der Waals surface area contributed by atoms with E-state index in [0.29, 0.717) is 34.3 Å². The minimum Gasteiger partial charge on any atom is -0.423 e. The number of rotatable bonds is 6. The molecule has 4 aromatic heterocycles. The molecule has 14 heteroatoms. The van der Waals surface area contributed by atoms with Gasteiger partial charge in [-0.1, -0.05) is 78.9 Å².